The van der Waals surface area contributed by atoms with E-state index in [4.69, 9.17) is 9.15 Å². The molecular formula is C27H31FN4O3S. The first-order chi connectivity index (χ1) is 17.4. The Labute approximate surface area is 215 Å². The fraction of sp³-hybridized carbons (Fsp3) is 0.222. The van der Waals surface area contributed by atoms with Crippen LogP contribution in [0.2, 0.25) is 0 Å². The largest absolute Gasteiger partial charge is 0.496 e. The van der Waals surface area contributed by atoms with Crippen molar-refractivity contribution in [3.63, 3.8) is 0 Å². The number of furan rings is 1. The van der Waals surface area contributed by atoms with Crippen LogP contribution in [0.5, 0.6) is 5.75 Å². The summed E-state index contributed by atoms with van der Waals surface area (Å²) < 4.78 is 24.3. The number of carbonyl (C=O) groups excluding carboxylic acids is 1. The third kappa shape index (κ3) is 7.84. The average molecular weight is 511 g/mol. The van der Waals surface area contributed by atoms with Crippen LogP contribution in [0.3, 0.4) is 0 Å². The number of halogens is 1. The number of aryl methyl sites for hydroxylation is 1. The van der Waals surface area contributed by atoms with Crippen LogP contribution in [0.4, 0.5) is 10.1 Å². The zero-order valence-corrected chi connectivity index (χ0v) is 21.9. The number of nitrogens with one attached hydrogen (secondary N) is 1. The van der Waals surface area contributed by atoms with E-state index in [0.29, 0.717) is 22.3 Å². The molecular weight excluding hydrogens is 479 g/mol. The number of methoxy groups -OCH3 is 1. The summed E-state index contributed by atoms with van der Waals surface area (Å²) in [6.45, 7) is 10.0. The molecule has 7 nitrogen and oxygen atoms in total. The lowest BCUT2D eigenvalue weighted by atomic mass is 10.1. The predicted molar refractivity (Wildman–Crippen MR) is 146 cm³/mol. The third-order valence-electron chi connectivity index (χ3n) is 4.70. The van der Waals surface area contributed by atoms with Gasteiger partial charge in [-0.05, 0) is 60.5 Å². The van der Waals surface area contributed by atoms with Crippen LogP contribution in [0, 0.1) is 12.7 Å². The number of thioether (sulfide) groups is 1. The molecule has 0 aliphatic carbocycles. The van der Waals surface area contributed by atoms with E-state index in [-0.39, 0.29) is 17.5 Å². The average Bonchev–Trinajstić information content (AvgIpc) is 3.43. The minimum Gasteiger partial charge on any atom is -0.496 e. The summed E-state index contributed by atoms with van der Waals surface area (Å²) >= 11 is 1.20. The van der Waals surface area contributed by atoms with E-state index in [2.05, 4.69) is 22.1 Å². The van der Waals surface area contributed by atoms with Gasteiger partial charge in [-0.1, -0.05) is 44.3 Å². The molecule has 0 unspecified atom stereocenters. The monoisotopic (exact) mass is 510 g/mol. The summed E-state index contributed by atoms with van der Waals surface area (Å²) in [5.74, 6) is 1.11. The highest BCUT2D eigenvalue weighted by Gasteiger charge is 2.21. The maximum atomic E-state index is 13.5. The number of carbonyl (C=O) groups is 1. The van der Waals surface area contributed by atoms with Crippen LogP contribution in [-0.2, 0) is 4.79 Å². The molecule has 0 aliphatic heterocycles. The fourth-order valence-electron chi connectivity index (χ4n) is 3.04. The van der Waals surface area contributed by atoms with E-state index < -0.39 is 0 Å². The van der Waals surface area contributed by atoms with Crippen LogP contribution in [0.1, 0.15) is 30.7 Å². The van der Waals surface area contributed by atoms with E-state index >= 15 is 0 Å². The van der Waals surface area contributed by atoms with Crippen LogP contribution in [-0.4, -0.2) is 37.9 Å². The van der Waals surface area contributed by atoms with Gasteiger partial charge in [0.05, 0.1) is 30.4 Å². The van der Waals surface area contributed by atoms with Gasteiger partial charge in [0.15, 0.2) is 11.6 Å². The highest BCUT2D eigenvalue weighted by atomic mass is 32.2. The Hall–Kier alpha value is -3.85. The van der Waals surface area contributed by atoms with Crippen molar-refractivity contribution in [1.29, 1.82) is 0 Å². The number of aliphatic imine (C=N–C) groups is 1. The molecule has 36 heavy (non-hydrogen) atoms. The van der Waals surface area contributed by atoms with Gasteiger partial charge in [0, 0.05) is 12.7 Å². The maximum Gasteiger partial charge on any atom is 0.250 e. The molecule has 1 N–H and O–H groups in total. The number of amides is 1. The topological polar surface area (TPSA) is 79.4 Å². The summed E-state index contributed by atoms with van der Waals surface area (Å²) in [7, 11) is 3.22. The minimum atomic E-state index is -0.363. The maximum absolute atomic E-state index is 13.5. The number of hydrazone groups is 1. The molecule has 0 aliphatic rings. The van der Waals surface area contributed by atoms with Gasteiger partial charge in [-0.3, -0.25) is 14.7 Å². The molecule has 0 radical (unpaired) electrons. The lowest BCUT2D eigenvalue weighted by Gasteiger charge is -2.26. The number of benzene rings is 2. The second kappa shape index (κ2) is 14.5. The number of anilines is 1. The molecule has 0 atom stereocenters. The predicted octanol–water partition coefficient (Wildman–Crippen LogP) is 6.00. The van der Waals surface area contributed by atoms with Crippen LogP contribution in [0.15, 0.2) is 87.0 Å². The zero-order valence-electron chi connectivity index (χ0n) is 21.1. The normalized spacial score (nSPS) is 11.0. The van der Waals surface area contributed by atoms with Crippen molar-refractivity contribution in [2.75, 3.05) is 24.8 Å². The Morgan fingerprint density at radius 2 is 1.94 bits per heavy atom. The van der Waals surface area contributed by atoms with Crippen molar-refractivity contribution in [2.24, 2.45) is 10.1 Å². The van der Waals surface area contributed by atoms with Crippen LogP contribution < -0.4 is 15.1 Å². The standard InChI is InChI=1S/C25H25FN4O3S.C2H6/c1-17-7-8-19(14-23(17)32-4)15-28-29-24(31)16-34-18(2)30(21-11-9-20(26)10-12-21)25(27-3)22-6-5-13-33-22;1-2/h5-15H,2,16H2,1,3-4H3,(H,29,31);1-2H3/b27-25?,28-15+;. The molecule has 190 valence electrons. The lowest BCUT2D eigenvalue weighted by molar-refractivity contribution is -0.118. The number of ether oxygens (including phenoxy) is 1. The summed E-state index contributed by atoms with van der Waals surface area (Å²) in [5.41, 5.74) is 4.94. The Morgan fingerprint density at radius 1 is 1.22 bits per heavy atom. The highest BCUT2D eigenvalue weighted by molar-refractivity contribution is 8.03. The minimum absolute atomic E-state index is 0.0558. The van der Waals surface area contributed by atoms with Gasteiger partial charge < -0.3 is 9.15 Å². The number of hydrogen-bond donors (Lipinski definition) is 1. The lowest BCUT2D eigenvalue weighted by Crippen LogP contribution is -2.30. The zero-order chi connectivity index (χ0) is 26.5. The first kappa shape index (κ1) is 28.4. The molecule has 0 bridgehead atoms. The van der Waals surface area contributed by atoms with Crippen molar-refractivity contribution in [1.82, 2.24) is 5.43 Å². The van der Waals surface area contributed by atoms with Crippen molar-refractivity contribution >= 4 is 35.4 Å². The van der Waals surface area contributed by atoms with Crippen molar-refractivity contribution in [2.45, 2.75) is 20.8 Å². The number of rotatable bonds is 9. The van der Waals surface area contributed by atoms with Gasteiger partial charge in [0.25, 0.3) is 0 Å². The van der Waals surface area contributed by atoms with Gasteiger partial charge >= 0.3 is 0 Å². The Kier molecular flexibility index (Phi) is 11.5. The molecule has 3 rings (SSSR count). The molecule has 0 saturated carbocycles. The smallest absolute Gasteiger partial charge is 0.250 e. The molecule has 0 saturated heterocycles. The van der Waals surface area contributed by atoms with Crippen LogP contribution >= 0.6 is 11.8 Å². The molecule has 1 aromatic heterocycles. The number of hydrogen-bond acceptors (Lipinski definition) is 6. The second-order valence-electron chi connectivity index (χ2n) is 7.04. The number of amidine groups is 1. The van der Waals surface area contributed by atoms with Crippen molar-refractivity contribution < 1.29 is 18.3 Å². The van der Waals surface area contributed by atoms with Gasteiger partial charge in [-0.2, -0.15) is 5.10 Å². The molecule has 0 spiro atoms. The van der Waals surface area contributed by atoms with E-state index in [0.717, 1.165) is 16.9 Å². The SMILES string of the molecule is C=C(SCC(=O)N/N=C/c1ccc(C)c(OC)c1)N(C(=NC)c1ccco1)c1ccc(F)cc1.CC. The Balaban J connectivity index is 0.00000222. The van der Waals surface area contributed by atoms with Crippen LogP contribution in [0.25, 0.3) is 0 Å². The Bertz CT molecular complexity index is 1190. The molecule has 0 fully saturated rings. The molecule has 1 heterocycles. The molecule has 3 aromatic rings. The van der Waals surface area contributed by atoms with Gasteiger partial charge in [0.2, 0.25) is 5.91 Å². The van der Waals surface area contributed by atoms with E-state index in [1.54, 1.807) is 49.5 Å². The number of nitrogens with zero attached hydrogens (tertiary/aromatic N) is 3. The third-order valence-corrected chi connectivity index (χ3v) is 5.63. The van der Waals surface area contributed by atoms with Gasteiger partial charge in [-0.25, -0.2) is 9.82 Å². The first-order valence-corrected chi connectivity index (χ1v) is 12.3. The summed E-state index contributed by atoms with van der Waals surface area (Å²) in [5, 5.41) is 4.52. The molecule has 2 aromatic carbocycles. The summed E-state index contributed by atoms with van der Waals surface area (Å²) in [6, 6.07) is 15.0. The van der Waals surface area contributed by atoms with Gasteiger partial charge in [-0.15, -0.1) is 0 Å². The first-order valence-electron chi connectivity index (χ1n) is 11.3. The Morgan fingerprint density at radius 3 is 2.56 bits per heavy atom. The molecule has 1 amide bonds. The van der Waals surface area contributed by atoms with E-state index in [9.17, 15) is 9.18 Å². The van der Waals surface area contributed by atoms with E-state index in [1.165, 1.54) is 30.2 Å². The van der Waals surface area contributed by atoms with E-state index in [1.807, 2.05) is 39.0 Å². The van der Waals surface area contributed by atoms with Crippen molar-refractivity contribution in [3.8, 4) is 5.75 Å². The fourth-order valence-corrected chi connectivity index (χ4v) is 3.73. The summed E-state index contributed by atoms with van der Waals surface area (Å²) in [4.78, 5) is 18.4. The summed E-state index contributed by atoms with van der Waals surface area (Å²) in [6.07, 6.45) is 3.08. The van der Waals surface area contributed by atoms with Gasteiger partial charge in [0.1, 0.15) is 11.6 Å². The highest BCUT2D eigenvalue weighted by Crippen LogP contribution is 2.28. The second-order valence-corrected chi connectivity index (χ2v) is 8.09. The van der Waals surface area contributed by atoms with Crippen molar-refractivity contribution in [3.05, 3.63) is 95.2 Å². The quantitative estimate of drug-likeness (QED) is 0.217. The molecule has 9 heteroatoms.